The molecule has 0 fully saturated rings. The van der Waals surface area contributed by atoms with Crippen LogP contribution >= 0.6 is 11.6 Å². The smallest absolute Gasteiger partial charge is 0.0453 e. The minimum Gasteiger partial charge on any atom is -0.310 e. The van der Waals surface area contributed by atoms with E-state index in [2.05, 4.69) is 25.2 Å². The Morgan fingerprint density at radius 2 is 2.07 bits per heavy atom. The third-order valence-corrected chi connectivity index (χ3v) is 2.70. The maximum Gasteiger partial charge on any atom is 0.0453 e. The van der Waals surface area contributed by atoms with Crippen LogP contribution in [0.1, 0.15) is 38.3 Å². The predicted molar refractivity (Wildman–Crippen MR) is 62.8 cm³/mol. The van der Waals surface area contributed by atoms with E-state index in [9.17, 15) is 0 Å². The second-order valence-corrected chi connectivity index (χ2v) is 3.96. The lowest BCUT2D eigenvalue weighted by Gasteiger charge is -2.15. The highest BCUT2D eigenvalue weighted by atomic mass is 35.5. The van der Waals surface area contributed by atoms with Crippen molar-refractivity contribution in [1.82, 2.24) is 5.32 Å². The molecule has 0 aliphatic heterocycles. The fourth-order valence-corrected chi connectivity index (χ4v) is 1.73. The fourth-order valence-electron chi connectivity index (χ4n) is 1.43. The number of benzene rings is 1. The van der Waals surface area contributed by atoms with Gasteiger partial charge in [-0.3, -0.25) is 0 Å². The van der Waals surface area contributed by atoms with Crippen LogP contribution in [0.3, 0.4) is 0 Å². The monoisotopic (exact) mass is 211 g/mol. The van der Waals surface area contributed by atoms with Crippen molar-refractivity contribution in [2.24, 2.45) is 0 Å². The molecule has 0 aromatic heterocycles. The summed E-state index contributed by atoms with van der Waals surface area (Å²) in [5.74, 6) is 0. The lowest BCUT2D eigenvalue weighted by Crippen LogP contribution is -2.19. The van der Waals surface area contributed by atoms with E-state index in [0.29, 0.717) is 6.04 Å². The Labute approximate surface area is 91.5 Å². The Morgan fingerprint density at radius 1 is 1.36 bits per heavy atom. The molecule has 0 aliphatic carbocycles. The van der Waals surface area contributed by atoms with Crippen LogP contribution in [-0.4, -0.2) is 6.54 Å². The molecule has 1 nitrogen and oxygen atoms in total. The summed E-state index contributed by atoms with van der Waals surface area (Å²) in [4.78, 5) is 0. The summed E-state index contributed by atoms with van der Waals surface area (Å²) in [6, 6.07) is 8.35. The van der Waals surface area contributed by atoms with Crippen molar-refractivity contribution in [2.75, 3.05) is 6.54 Å². The van der Waals surface area contributed by atoms with Gasteiger partial charge in [-0.15, -0.1) is 0 Å². The Kier molecular flexibility index (Phi) is 4.99. The minimum absolute atomic E-state index is 0.343. The van der Waals surface area contributed by atoms with Crippen molar-refractivity contribution in [3.05, 3.63) is 34.9 Å². The van der Waals surface area contributed by atoms with Gasteiger partial charge in [-0.2, -0.15) is 0 Å². The van der Waals surface area contributed by atoms with Gasteiger partial charge in [0.1, 0.15) is 0 Å². The molecule has 0 bridgehead atoms. The van der Waals surface area contributed by atoms with Crippen LogP contribution < -0.4 is 5.32 Å². The molecule has 14 heavy (non-hydrogen) atoms. The number of rotatable bonds is 5. The summed E-state index contributed by atoms with van der Waals surface area (Å²) in [7, 11) is 0. The van der Waals surface area contributed by atoms with Crippen LogP contribution in [0.5, 0.6) is 0 Å². The number of hydrogen-bond acceptors (Lipinski definition) is 1. The van der Waals surface area contributed by atoms with E-state index >= 15 is 0 Å². The zero-order valence-electron chi connectivity index (χ0n) is 8.89. The number of hydrogen-bond donors (Lipinski definition) is 1. The molecule has 0 spiro atoms. The SMILES string of the molecule is CCCCN[C@@H](C)c1ccccc1Cl. The molecule has 2 heteroatoms. The third kappa shape index (κ3) is 3.32. The molecule has 0 radical (unpaired) electrons. The van der Waals surface area contributed by atoms with Gasteiger partial charge in [-0.05, 0) is 31.5 Å². The van der Waals surface area contributed by atoms with E-state index in [4.69, 9.17) is 11.6 Å². The van der Waals surface area contributed by atoms with Gasteiger partial charge in [0.05, 0.1) is 0 Å². The van der Waals surface area contributed by atoms with Crippen LogP contribution in [0.4, 0.5) is 0 Å². The first kappa shape index (κ1) is 11.5. The Morgan fingerprint density at radius 3 is 2.71 bits per heavy atom. The third-order valence-electron chi connectivity index (χ3n) is 2.35. The van der Waals surface area contributed by atoms with Crippen molar-refractivity contribution >= 4 is 11.6 Å². The molecule has 0 unspecified atom stereocenters. The molecule has 1 atom stereocenters. The van der Waals surface area contributed by atoms with Gasteiger partial charge >= 0.3 is 0 Å². The second kappa shape index (κ2) is 6.05. The minimum atomic E-state index is 0.343. The number of halogens is 1. The van der Waals surface area contributed by atoms with E-state index in [1.807, 2.05) is 18.2 Å². The Balaban J connectivity index is 2.51. The highest BCUT2D eigenvalue weighted by molar-refractivity contribution is 6.31. The second-order valence-electron chi connectivity index (χ2n) is 3.55. The Hall–Kier alpha value is -0.530. The Bertz CT molecular complexity index is 273. The summed E-state index contributed by atoms with van der Waals surface area (Å²) in [6.45, 7) is 5.40. The van der Waals surface area contributed by atoms with Gasteiger partial charge < -0.3 is 5.32 Å². The highest BCUT2D eigenvalue weighted by Gasteiger charge is 2.06. The summed E-state index contributed by atoms with van der Waals surface area (Å²) >= 11 is 6.09. The van der Waals surface area contributed by atoms with Gasteiger partial charge in [-0.1, -0.05) is 43.1 Å². The van der Waals surface area contributed by atoms with Crippen LogP contribution in [0.2, 0.25) is 5.02 Å². The first-order valence-corrected chi connectivity index (χ1v) is 5.61. The number of unbranched alkanes of at least 4 members (excludes halogenated alkanes) is 1. The maximum atomic E-state index is 6.09. The van der Waals surface area contributed by atoms with Crippen molar-refractivity contribution in [2.45, 2.75) is 32.7 Å². The lowest BCUT2D eigenvalue weighted by atomic mass is 10.1. The van der Waals surface area contributed by atoms with E-state index in [1.54, 1.807) is 0 Å². The largest absolute Gasteiger partial charge is 0.310 e. The zero-order chi connectivity index (χ0) is 10.4. The van der Waals surface area contributed by atoms with Crippen LogP contribution in [0.25, 0.3) is 0 Å². The first-order valence-electron chi connectivity index (χ1n) is 5.23. The molecule has 1 N–H and O–H groups in total. The summed E-state index contributed by atoms with van der Waals surface area (Å²) in [5, 5.41) is 4.31. The first-order chi connectivity index (χ1) is 6.75. The van der Waals surface area contributed by atoms with Gasteiger partial charge in [0.2, 0.25) is 0 Å². The quantitative estimate of drug-likeness (QED) is 0.731. The standard InChI is InChI=1S/C12H18ClN/c1-3-4-9-14-10(2)11-7-5-6-8-12(11)13/h5-8,10,14H,3-4,9H2,1-2H3/t10-/m0/s1. The average Bonchev–Trinajstić information content (AvgIpc) is 2.18. The molecular formula is C12H18ClN. The molecule has 0 saturated carbocycles. The lowest BCUT2D eigenvalue weighted by molar-refractivity contribution is 0.554. The molecule has 0 saturated heterocycles. The van der Waals surface area contributed by atoms with Crippen molar-refractivity contribution < 1.29 is 0 Å². The van der Waals surface area contributed by atoms with Crippen molar-refractivity contribution in [1.29, 1.82) is 0 Å². The van der Waals surface area contributed by atoms with E-state index in [0.717, 1.165) is 11.6 Å². The predicted octanol–water partition coefficient (Wildman–Crippen LogP) is 3.79. The number of nitrogens with one attached hydrogen (secondary N) is 1. The molecule has 1 aromatic carbocycles. The van der Waals surface area contributed by atoms with Gasteiger partial charge in [0, 0.05) is 11.1 Å². The average molecular weight is 212 g/mol. The normalized spacial score (nSPS) is 12.8. The van der Waals surface area contributed by atoms with E-state index in [1.165, 1.54) is 18.4 Å². The molecule has 1 rings (SSSR count). The van der Waals surface area contributed by atoms with Crippen molar-refractivity contribution in [3.8, 4) is 0 Å². The summed E-state index contributed by atoms with van der Waals surface area (Å²) in [6.07, 6.45) is 2.44. The van der Waals surface area contributed by atoms with E-state index < -0.39 is 0 Å². The van der Waals surface area contributed by atoms with Crippen LogP contribution in [0, 0.1) is 0 Å². The highest BCUT2D eigenvalue weighted by Crippen LogP contribution is 2.21. The van der Waals surface area contributed by atoms with Crippen molar-refractivity contribution in [3.63, 3.8) is 0 Å². The van der Waals surface area contributed by atoms with E-state index in [-0.39, 0.29) is 0 Å². The van der Waals surface area contributed by atoms with Crippen LogP contribution in [-0.2, 0) is 0 Å². The summed E-state index contributed by atoms with van der Waals surface area (Å²) < 4.78 is 0. The van der Waals surface area contributed by atoms with Gasteiger partial charge in [-0.25, -0.2) is 0 Å². The molecule has 78 valence electrons. The zero-order valence-corrected chi connectivity index (χ0v) is 9.64. The van der Waals surface area contributed by atoms with Gasteiger partial charge in [0.15, 0.2) is 0 Å². The topological polar surface area (TPSA) is 12.0 Å². The molecule has 1 aromatic rings. The molecule has 0 amide bonds. The molecule has 0 heterocycles. The molecule has 0 aliphatic rings. The fraction of sp³-hybridized carbons (Fsp3) is 0.500. The van der Waals surface area contributed by atoms with Gasteiger partial charge in [0.25, 0.3) is 0 Å². The maximum absolute atomic E-state index is 6.09. The van der Waals surface area contributed by atoms with Crippen LogP contribution in [0.15, 0.2) is 24.3 Å². The molecular weight excluding hydrogens is 194 g/mol. The summed E-state index contributed by atoms with van der Waals surface area (Å²) in [5.41, 5.74) is 1.19.